The van der Waals surface area contributed by atoms with E-state index in [1.807, 2.05) is 13.8 Å². The van der Waals surface area contributed by atoms with Crippen LogP contribution < -0.4 is 5.73 Å². The summed E-state index contributed by atoms with van der Waals surface area (Å²) < 4.78 is 14.9. The standard InChI is InChI=1S/C9H11FN4/c1-5(2)7-3-6(10)8-4-12-9(11)13-14(7)8/h3-5H,1-2H3,(H2,11,13). The van der Waals surface area contributed by atoms with Crippen LogP contribution in [-0.2, 0) is 0 Å². The molecule has 0 saturated heterocycles. The summed E-state index contributed by atoms with van der Waals surface area (Å²) in [6.07, 6.45) is 1.39. The van der Waals surface area contributed by atoms with Gasteiger partial charge in [0.05, 0.1) is 6.20 Å². The number of nitrogen functional groups attached to an aromatic ring is 1. The minimum atomic E-state index is -0.311. The van der Waals surface area contributed by atoms with Gasteiger partial charge in [-0.05, 0) is 12.0 Å². The van der Waals surface area contributed by atoms with Crippen LogP contribution in [0.2, 0.25) is 0 Å². The number of nitrogens with two attached hydrogens (primary N) is 1. The van der Waals surface area contributed by atoms with Gasteiger partial charge in [0.15, 0.2) is 5.82 Å². The van der Waals surface area contributed by atoms with Gasteiger partial charge >= 0.3 is 0 Å². The average molecular weight is 194 g/mol. The molecule has 2 heterocycles. The number of nitrogens with zero attached hydrogens (tertiary/aromatic N) is 3. The van der Waals surface area contributed by atoms with E-state index in [9.17, 15) is 4.39 Å². The highest BCUT2D eigenvalue weighted by Gasteiger charge is 2.12. The molecule has 0 aliphatic heterocycles. The topological polar surface area (TPSA) is 56.2 Å². The van der Waals surface area contributed by atoms with Crippen LogP contribution in [0, 0.1) is 5.82 Å². The van der Waals surface area contributed by atoms with Crippen molar-refractivity contribution in [1.29, 1.82) is 0 Å². The Morgan fingerprint density at radius 1 is 1.50 bits per heavy atom. The molecule has 5 heteroatoms. The molecule has 0 atom stereocenters. The minimum absolute atomic E-state index is 0.148. The molecule has 0 aromatic carbocycles. The highest BCUT2D eigenvalue weighted by molar-refractivity contribution is 5.49. The summed E-state index contributed by atoms with van der Waals surface area (Å²) in [4.78, 5) is 3.75. The Morgan fingerprint density at radius 2 is 2.21 bits per heavy atom. The van der Waals surface area contributed by atoms with Crippen LogP contribution in [-0.4, -0.2) is 14.6 Å². The van der Waals surface area contributed by atoms with Gasteiger partial charge in [-0.2, -0.15) is 0 Å². The molecule has 0 aliphatic carbocycles. The molecule has 14 heavy (non-hydrogen) atoms. The van der Waals surface area contributed by atoms with Crippen LogP contribution in [0.3, 0.4) is 0 Å². The van der Waals surface area contributed by atoms with E-state index < -0.39 is 0 Å². The number of hydrogen-bond acceptors (Lipinski definition) is 3. The SMILES string of the molecule is CC(C)c1cc(F)c2cnc(N)nn12. The van der Waals surface area contributed by atoms with E-state index in [2.05, 4.69) is 10.1 Å². The zero-order valence-electron chi connectivity index (χ0n) is 8.03. The Balaban J connectivity index is 2.79. The average Bonchev–Trinajstić information content (AvgIpc) is 2.43. The number of halogens is 1. The lowest BCUT2D eigenvalue weighted by Gasteiger charge is -2.03. The Kier molecular flexibility index (Phi) is 1.87. The molecule has 2 aromatic heterocycles. The lowest BCUT2D eigenvalue weighted by molar-refractivity contribution is 0.638. The van der Waals surface area contributed by atoms with Crippen molar-refractivity contribution in [3.05, 3.63) is 23.8 Å². The van der Waals surface area contributed by atoms with E-state index in [1.165, 1.54) is 16.8 Å². The van der Waals surface area contributed by atoms with Gasteiger partial charge in [-0.25, -0.2) is 13.9 Å². The van der Waals surface area contributed by atoms with Crippen LogP contribution in [0.25, 0.3) is 5.52 Å². The largest absolute Gasteiger partial charge is 0.367 e. The van der Waals surface area contributed by atoms with Gasteiger partial charge in [-0.1, -0.05) is 13.8 Å². The van der Waals surface area contributed by atoms with E-state index in [4.69, 9.17) is 5.73 Å². The summed E-state index contributed by atoms with van der Waals surface area (Å²) in [5, 5.41) is 3.96. The van der Waals surface area contributed by atoms with Crippen molar-refractivity contribution in [2.45, 2.75) is 19.8 Å². The predicted octanol–water partition coefficient (Wildman–Crippen LogP) is 1.57. The van der Waals surface area contributed by atoms with E-state index in [1.54, 1.807) is 0 Å². The maximum absolute atomic E-state index is 13.4. The maximum Gasteiger partial charge on any atom is 0.238 e. The Hall–Kier alpha value is -1.65. The van der Waals surface area contributed by atoms with Gasteiger partial charge in [0.2, 0.25) is 5.95 Å². The molecule has 0 spiro atoms. The molecule has 0 fully saturated rings. The monoisotopic (exact) mass is 194 g/mol. The molecule has 2 N–H and O–H groups in total. The molecule has 0 radical (unpaired) electrons. The van der Waals surface area contributed by atoms with Gasteiger partial charge in [0.1, 0.15) is 5.52 Å². The van der Waals surface area contributed by atoms with Crippen molar-refractivity contribution in [3.8, 4) is 0 Å². The van der Waals surface area contributed by atoms with Gasteiger partial charge in [-0.3, -0.25) is 0 Å². The molecule has 2 aromatic rings. The zero-order chi connectivity index (χ0) is 10.3. The number of fused-ring (bicyclic) bond motifs is 1. The van der Waals surface area contributed by atoms with Crippen LogP contribution in [0.4, 0.5) is 10.3 Å². The van der Waals surface area contributed by atoms with Crippen LogP contribution in [0.5, 0.6) is 0 Å². The number of hydrogen-bond donors (Lipinski definition) is 1. The van der Waals surface area contributed by atoms with Crippen LogP contribution in [0.1, 0.15) is 25.5 Å². The summed E-state index contributed by atoms with van der Waals surface area (Å²) >= 11 is 0. The Morgan fingerprint density at radius 3 is 2.86 bits per heavy atom. The molecule has 0 aliphatic rings. The van der Waals surface area contributed by atoms with Crippen molar-refractivity contribution in [3.63, 3.8) is 0 Å². The highest BCUT2D eigenvalue weighted by atomic mass is 19.1. The summed E-state index contributed by atoms with van der Waals surface area (Å²) in [6.45, 7) is 3.94. The third kappa shape index (κ3) is 1.21. The first-order valence-corrected chi connectivity index (χ1v) is 4.39. The normalized spacial score (nSPS) is 11.4. The summed E-state index contributed by atoms with van der Waals surface area (Å²) in [6, 6.07) is 1.47. The van der Waals surface area contributed by atoms with Crippen molar-refractivity contribution in [2.75, 3.05) is 5.73 Å². The first kappa shape index (κ1) is 8.93. The Bertz CT molecular complexity index is 475. The second-order valence-electron chi connectivity index (χ2n) is 3.49. The van der Waals surface area contributed by atoms with Crippen molar-refractivity contribution >= 4 is 11.5 Å². The quantitative estimate of drug-likeness (QED) is 0.749. The molecular formula is C9H11FN4. The maximum atomic E-state index is 13.4. The van der Waals surface area contributed by atoms with Crippen molar-refractivity contribution in [2.24, 2.45) is 0 Å². The third-order valence-electron chi connectivity index (χ3n) is 2.11. The molecule has 4 nitrogen and oxygen atoms in total. The van der Waals surface area contributed by atoms with Crippen molar-refractivity contribution in [1.82, 2.24) is 14.6 Å². The van der Waals surface area contributed by atoms with Gasteiger partial charge < -0.3 is 5.73 Å². The number of rotatable bonds is 1. The fourth-order valence-electron chi connectivity index (χ4n) is 1.40. The third-order valence-corrected chi connectivity index (χ3v) is 2.11. The summed E-state index contributed by atoms with van der Waals surface area (Å²) in [7, 11) is 0. The van der Waals surface area contributed by atoms with Crippen LogP contribution in [0.15, 0.2) is 12.3 Å². The van der Waals surface area contributed by atoms with E-state index in [0.29, 0.717) is 5.52 Å². The smallest absolute Gasteiger partial charge is 0.238 e. The summed E-state index contributed by atoms with van der Waals surface area (Å²) in [5.74, 6) is 0.0324. The fourth-order valence-corrected chi connectivity index (χ4v) is 1.40. The fraction of sp³-hybridized carbons (Fsp3) is 0.333. The number of anilines is 1. The Labute approximate surface area is 80.6 Å². The van der Waals surface area contributed by atoms with Crippen LogP contribution >= 0.6 is 0 Å². The first-order valence-electron chi connectivity index (χ1n) is 4.39. The van der Waals surface area contributed by atoms with Gasteiger partial charge in [0, 0.05) is 5.69 Å². The number of aromatic nitrogens is 3. The van der Waals surface area contributed by atoms with Gasteiger partial charge in [-0.15, -0.1) is 5.10 Å². The molecule has 0 saturated carbocycles. The molecule has 0 bridgehead atoms. The molecular weight excluding hydrogens is 183 g/mol. The lowest BCUT2D eigenvalue weighted by atomic mass is 10.1. The molecule has 0 amide bonds. The second kappa shape index (κ2) is 2.94. The van der Waals surface area contributed by atoms with E-state index >= 15 is 0 Å². The predicted molar refractivity (Wildman–Crippen MR) is 51.4 cm³/mol. The van der Waals surface area contributed by atoms with E-state index in [-0.39, 0.29) is 17.7 Å². The zero-order valence-corrected chi connectivity index (χ0v) is 8.03. The highest BCUT2D eigenvalue weighted by Crippen LogP contribution is 2.20. The van der Waals surface area contributed by atoms with Crippen molar-refractivity contribution < 1.29 is 4.39 Å². The summed E-state index contributed by atoms with van der Waals surface area (Å²) in [5.41, 5.74) is 6.60. The first-order chi connectivity index (χ1) is 6.59. The molecule has 2 rings (SSSR count). The molecule has 0 unspecified atom stereocenters. The molecule has 74 valence electrons. The van der Waals surface area contributed by atoms with Gasteiger partial charge in [0.25, 0.3) is 0 Å². The minimum Gasteiger partial charge on any atom is -0.367 e. The lowest BCUT2D eigenvalue weighted by Crippen LogP contribution is -2.04. The van der Waals surface area contributed by atoms with E-state index in [0.717, 1.165) is 5.69 Å². The second-order valence-corrected chi connectivity index (χ2v) is 3.49.